The van der Waals surface area contributed by atoms with Crippen molar-refractivity contribution < 1.29 is 17.6 Å². The molecule has 0 aliphatic carbocycles. The molecule has 0 fully saturated rings. The van der Waals surface area contributed by atoms with Gasteiger partial charge in [0.25, 0.3) is 0 Å². The number of guanidine groups is 1. The lowest BCUT2D eigenvalue weighted by molar-refractivity contribution is -0.132. The lowest BCUT2D eigenvalue weighted by Gasteiger charge is -2.12. The molecule has 22 heavy (non-hydrogen) atoms. The predicted octanol–water partition coefficient (Wildman–Crippen LogP) is 3.44. The normalized spacial score (nSPS) is 12.6. The van der Waals surface area contributed by atoms with Gasteiger partial charge in [-0.1, -0.05) is 18.2 Å². The molecule has 120 valence electrons. The van der Waals surface area contributed by atoms with Crippen LogP contribution in [0.15, 0.2) is 39.7 Å². The molecule has 1 aromatic heterocycles. The molecule has 0 aliphatic rings. The minimum atomic E-state index is -4.18. The van der Waals surface area contributed by atoms with Crippen molar-refractivity contribution in [2.24, 2.45) is 4.99 Å². The molecule has 7 heteroatoms. The highest BCUT2D eigenvalue weighted by molar-refractivity contribution is 5.80. The van der Waals surface area contributed by atoms with Crippen LogP contribution < -0.4 is 10.6 Å². The van der Waals surface area contributed by atoms with Crippen LogP contribution in [0, 0.1) is 0 Å². The number of benzene rings is 1. The van der Waals surface area contributed by atoms with Gasteiger partial charge in [-0.2, -0.15) is 13.2 Å². The van der Waals surface area contributed by atoms with Gasteiger partial charge in [0.2, 0.25) is 0 Å². The average Bonchev–Trinajstić information content (AvgIpc) is 2.86. The number of rotatable bonds is 5. The van der Waals surface area contributed by atoms with Crippen molar-refractivity contribution in [3.63, 3.8) is 0 Å². The van der Waals surface area contributed by atoms with Crippen LogP contribution in [0.4, 0.5) is 13.2 Å². The van der Waals surface area contributed by atoms with Crippen molar-refractivity contribution >= 4 is 16.9 Å². The van der Waals surface area contributed by atoms with Crippen molar-refractivity contribution in [2.75, 3.05) is 13.1 Å². The number of para-hydroxylation sites is 1. The molecule has 0 spiro atoms. The van der Waals surface area contributed by atoms with Crippen molar-refractivity contribution in [1.29, 1.82) is 0 Å². The smallest absolute Gasteiger partial charge is 0.390 e. The van der Waals surface area contributed by atoms with Crippen LogP contribution >= 0.6 is 0 Å². The van der Waals surface area contributed by atoms with E-state index in [4.69, 9.17) is 4.42 Å². The molecule has 0 saturated carbocycles. The lowest BCUT2D eigenvalue weighted by Crippen LogP contribution is -2.38. The van der Waals surface area contributed by atoms with Gasteiger partial charge in [0.15, 0.2) is 5.96 Å². The maximum Gasteiger partial charge on any atom is 0.390 e. The van der Waals surface area contributed by atoms with Gasteiger partial charge in [-0.3, -0.25) is 0 Å². The van der Waals surface area contributed by atoms with E-state index in [0.29, 0.717) is 18.3 Å². The Hall–Kier alpha value is -2.18. The highest BCUT2D eigenvalue weighted by Crippen LogP contribution is 2.19. The molecule has 0 amide bonds. The van der Waals surface area contributed by atoms with Gasteiger partial charge < -0.3 is 15.1 Å². The van der Waals surface area contributed by atoms with Gasteiger partial charge in [0.1, 0.15) is 17.9 Å². The predicted molar refractivity (Wildman–Crippen MR) is 79.7 cm³/mol. The molecule has 0 atom stereocenters. The second-order valence-corrected chi connectivity index (χ2v) is 4.74. The molecular weight excluding hydrogens is 295 g/mol. The fraction of sp³-hybridized carbons (Fsp3) is 0.400. The Bertz CT molecular complexity index is 601. The summed E-state index contributed by atoms with van der Waals surface area (Å²) in [6.07, 6.45) is -5.08. The minimum Gasteiger partial charge on any atom is -0.459 e. The zero-order valence-corrected chi connectivity index (χ0v) is 12.2. The number of hydrogen-bond acceptors (Lipinski definition) is 2. The Kier molecular flexibility index (Phi) is 5.30. The first-order valence-electron chi connectivity index (χ1n) is 7.04. The molecule has 0 saturated heterocycles. The molecule has 2 aromatic rings. The fourth-order valence-corrected chi connectivity index (χ4v) is 1.94. The Morgan fingerprint density at radius 1 is 1.23 bits per heavy atom. The third kappa shape index (κ3) is 4.98. The summed E-state index contributed by atoms with van der Waals surface area (Å²) >= 11 is 0. The largest absolute Gasteiger partial charge is 0.459 e. The number of fused-ring (bicyclic) bond motifs is 1. The van der Waals surface area contributed by atoms with Crippen LogP contribution in [-0.4, -0.2) is 25.2 Å². The van der Waals surface area contributed by atoms with Crippen molar-refractivity contribution in [3.05, 3.63) is 36.1 Å². The van der Waals surface area contributed by atoms with Crippen LogP contribution in [0.2, 0.25) is 0 Å². The van der Waals surface area contributed by atoms with E-state index in [9.17, 15) is 13.2 Å². The van der Waals surface area contributed by atoms with Crippen LogP contribution in [0.25, 0.3) is 11.0 Å². The molecule has 2 rings (SSSR count). The minimum absolute atomic E-state index is 0.213. The molecule has 0 unspecified atom stereocenters. The first-order valence-corrected chi connectivity index (χ1v) is 7.04. The molecule has 0 aliphatic heterocycles. The highest BCUT2D eigenvalue weighted by Gasteiger charge is 2.26. The second-order valence-electron chi connectivity index (χ2n) is 4.74. The monoisotopic (exact) mass is 313 g/mol. The third-order valence-corrected chi connectivity index (χ3v) is 2.91. The van der Waals surface area contributed by atoms with E-state index in [1.54, 1.807) is 0 Å². The molecular formula is C15H18F3N3O. The molecule has 0 bridgehead atoms. The number of hydrogen-bond donors (Lipinski definition) is 2. The summed E-state index contributed by atoms with van der Waals surface area (Å²) in [7, 11) is 0. The van der Waals surface area contributed by atoms with Gasteiger partial charge in [0, 0.05) is 18.5 Å². The first kappa shape index (κ1) is 16.2. The topological polar surface area (TPSA) is 49.6 Å². The van der Waals surface area contributed by atoms with Crippen molar-refractivity contribution in [1.82, 2.24) is 10.6 Å². The Morgan fingerprint density at radius 2 is 2.00 bits per heavy atom. The SMILES string of the molecule is CCNC(=NCc1cc2ccccc2o1)NCCC(F)(F)F. The summed E-state index contributed by atoms with van der Waals surface area (Å²) in [5.74, 6) is 1.00. The summed E-state index contributed by atoms with van der Waals surface area (Å²) in [6.45, 7) is 2.46. The molecule has 1 aromatic carbocycles. The van der Waals surface area contributed by atoms with E-state index >= 15 is 0 Å². The standard InChI is InChI=1S/C15H18F3N3O/c1-2-19-14(20-8-7-15(16,17)18)21-10-12-9-11-5-3-4-6-13(11)22-12/h3-6,9H,2,7-8,10H2,1H3,(H2,19,20,21). The second kappa shape index (κ2) is 7.20. The Labute approximate surface area is 126 Å². The summed E-state index contributed by atoms with van der Waals surface area (Å²) in [5, 5.41) is 6.54. The number of nitrogens with zero attached hydrogens (tertiary/aromatic N) is 1. The lowest BCUT2D eigenvalue weighted by atomic mass is 10.2. The summed E-state index contributed by atoms with van der Waals surface area (Å²) in [5.41, 5.74) is 0.766. The Morgan fingerprint density at radius 3 is 2.68 bits per heavy atom. The Balaban J connectivity index is 1.96. The van der Waals surface area contributed by atoms with E-state index in [1.807, 2.05) is 37.3 Å². The van der Waals surface area contributed by atoms with Gasteiger partial charge >= 0.3 is 6.18 Å². The molecule has 1 heterocycles. The summed E-state index contributed by atoms with van der Waals surface area (Å²) in [6, 6.07) is 9.45. The molecule has 0 radical (unpaired) electrons. The molecule has 4 nitrogen and oxygen atoms in total. The van der Waals surface area contributed by atoms with E-state index < -0.39 is 12.6 Å². The quantitative estimate of drug-likeness (QED) is 0.657. The zero-order valence-electron chi connectivity index (χ0n) is 12.2. The van der Waals surface area contributed by atoms with E-state index in [0.717, 1.165) is 11.0 Å². The first-order chi connectivity index (χ1) is 10.5. The number of alkyl halides is 3. The van der Waals surface area contributed by atoms with Crippen LogP contribution in [0.1, 0.15) is 19.1 Å². The number of furan rings is 1. The highest BCUT2D eigenvalue weighted by atomic mass is 19.4. The van der Waals surface area contributed by atoms with Crippen LogP contribution in [0.3, 0.4) is 0 Å². The molecule has 2 N–H and O–H groups in total. The average molecular weight is 313 g/mol. The van der Waals surface area contributed by atoms with Crippen molar-refractivity contribution in [2.45, 2.75) is 26.1 Å². The number of aliphatic imine (C=N–C) groups is 1. The van der Waals surface area contributed by atoms with Crippen molar-refractivity contribution in [3.8, 4) is 0 Å². The van der Waals surface area contributed by atoms with Crippen LogP contribution in [0.5, 0.6) is 0 Å². The van der Waals surface area contributed by atoms with E-state index in [2.05, 4.69) is 15.6 Å². The van der Waals surface area contributed by atoms with Gasteiger partial charge in [-0.05, 0) is 19.1 Å². The maximum atomic E-state index is 12.1. The van der Waals surface area contributed by atoms with E-state index in [-0.39, 0.29) is 13.1 Å². The summed E-state index contributed by atoms with van der Waals surface area (Å²) in [4.78, 5) is 4.23. The van der Waals surface area contributed by atoms with Gasteiger partial charge in [0.05, 0.1) is 6.42 Å². The van der Waals surface area contributed by atoms with Gasteiger partial charge in [-0.15, -0.1) is 0 Å². The zero-order chi connectivity index (χ0) is 16.0. The number of nitrogens with one attached hydrogen (secondary N) is 2. The van der Waals surface area contributed by atoms with Gasteiger partial charge in [-0.25, -0.2) is 4.99 Å². The fourth-order valence-electron chi connectivity index (χ4n) is 1.94. The summed E-state index contributed by atoms with van der Waals surface area (Å²) < 4.78 is 42.0. The maximum absolute atomic E-state index is 12.1. The number of halogens is 3. The van der Waals surface area contributed by atoms with Crippen LogP contribution in [-0.2, 0) is 6.54 Å². The van der Waals surface area contributed by atoms with E-state index in [1.165, 1.54) is 0 Å². The third-order valence-electron chi connectivity index (χ3n) is 2.91.